The van der Waals surface area contributed by atoms with Gasteiger partial charge in [0, 0.05) is 6.07 Å². The van der Waals surface area contributed by atoms with Crippen molar-refractivity contribution in [2.75, 3.05) is 5.32 Å². The standard InChI is InChI=1S/C21H20F3NO3/c1-13(19(26)25-18-9-8-16(23)12-17(18)24)28-20(27)21(10-2-3-11-21)14-4-6-15(22)7-5-14/h4-9,12-13H,2-3,10-11H2,1H3,(H,25,26)/t13-/m0/s1. The van der Waals surface area contributed by atoms with Gasteiger partial charge in [0.15, 0.2) is 6.10 Å². The average molecular weight is 391 g/mol. The SMILES string of the molecule is C[C@H](OC(=O)C1(c2ccc(F)cc2)CCCC1)C(=O)Nc1ccc(F)cc1F. The summed E-state index contributed by atoms with van der Waals surface area (Å²) in [5.41, 5.74) is -0.486. The lowest BCUT2D eigenvalue weighted by Gasteiger charge is -2.28. The molecule has 148 valence electrons. The largest absolute Gasteiger partial charge is 0.452 e. The van der Waals surface area contributed by atoms with Crippen molar-refractivity contribution >= 4 is 17.6 Å². The molecule has 28 heavy (non-hydrogen) atoms. The van der Waals surface area contributed by atoms with E-state index in [-0.39, 0.29) is 5.69 Å². The quantitative estimate of drug-likeness (QED) is 0.765. The highest BCUT2D eigenvalue weighted by Gasteiger charge is 2.45. The van der Waals surface area contributed by atoms with Crippen LogP contribution in [0.3, 0.4) is 0 Å². The molecule has 3 rings (SSSR count). The van der Waals surface area contributed by atoms with Crippen molar-refractivity contribution in [3.05, 3.63) is 65.5 Å². The lowest BCUT2D eigenvalue weighted by molar-refractivity contribution is -0.159. The van der Waals surface area contributed by atoms with Gasteiger partial charge in [-0.3, -0.25) is 9.59 Å². The first-order valence-corrected chi connectivity index (χ1v) is 9.05. The fraction of sp³-hybridized carbons (Fsp3) is 0.333. The monoisotopic (exact) mass is 391 g/mol. The third-order valence-corrected chi connectivity index (χ3v) is 5.09. The summed E-state index contributed by atoms with van der Waals surface area (Å²) >= 11 is 0. The van der Waals surface area contributed by atoms with Crippen LogP contribution in [0.2, 0.25) is 0 Å². The number of amides is 1. The zero-order valence-corrected chi connectivity index (χ0v) is 15.3. The zero-order chi connectivity index (χ0) is 20.3. The van der Waals surface area contributed by atoms with Gasteiger partial charge in [-0.05, 0) is 49.6 Å². The van der Waals surface area contributed by atoms with Crippen LogP contribution in [0.15, 0.2) is 42.5 Å². The first kappa shape index (κ1) is 19.9. The molecule has 4 nitrogen and oxygen atoms in total. The summed E-state index contributed by atoms with van der Waals surface area (Å²) in [6, 6.07) is 8.44. The number of halogens is 3. The average Bonchev–Trinajstić information content (AvgIpc) is 3.15. The maximum atomic E-state index is 13.7. The van der Waals surface area contributed by atoms with E-state index in [1.165, 1.54) is 19.1 Å². The van der Waals surface area contributed by atoms with E-state index >= 15 is 0 Å². The number of carbonyl (C=O) groups excluding carboxylic acids is 2. The van der Waals surface area contributed by atoms with Crippen LogP contribution in [0, 0.1) is 17.5 Å². The van der Waals surface area contributed by atoms with Gasteiger partial charge < -0.3 is 10.1 Å². The maximum Gasteiger partial charge on any atom is 0.317 e. The van der Waals surface area contributed by atoms with Crippen LogP contribution in [0.25, 0.3) is 0 Å². The van der Waals surface area contributed by atoms with E-state index in [1.54, 1.807) is 12.1 Å². The fourth-order valence-electron chi connectivity index (χ4n) is 3.51. The molecular formula is C21H20F3NO3. The lowest BCUT2D eigenvalue weighted by atomic mass is 9.79. The Morgan fingerprint density at radius 3 is 2.21 bits per heavy atom. The van der Waals surface area contributed by atoms with Crippen molar-refractivity contribution in [2.24, 2.45) is 0 Å². The lowest BCUT2D eigenvalue weighted by Crippen LogP contribution is -2.40. The fourth-order valence-corrected chi connectivity index (χ4v) is 3.51. The highest BCUT2D eigenvalue weighted by atomic mass is 19.1. The summed E-state index contributed by atoms with van der Waals surface area (Å²) in [5.74, 6) is -3.40. The molecule has 2 aromatic carbocycles. The van der Waals surface area contributed by atoms with Gasteiger partial charge in [0.05, 0.1) is 11.1 Å². The Kier molecular flexibility index (Phi) is 5.72. The Labute approximate surface area is 160 Å². The van der Waals surface area contributed by atoms with Gasteiger partial charge in [-0.1, -0.05) is 25.0 Å². The molecule has 1 saturated carbocycles. The minimum absolute atomic E-state index is 0.205. The normalized spacial score (nSPS) is 16.4. The van der Waals surface area contributed by atoms with Crippen molar-refractivity contribution < 1.29 is 27.5 Å². The van der Waals surface area contributed by atoms with Crippen LogP contribution in [-0.2, 0) is 19.7 Å². The minimum Gasteiger partial charge on any atom is -0.452 e. The summed E-state index contributed by atoms with van der Waals surface area (Å²) in [5, 5.41) is 2.29. The molecule has 1 aliphatic rings. The molecular weight excluding hydrogens is 371 g/mol. The molecule has 0 spiro atoms. The summed E-state index contributed by atoms with van der Waals surface area (Å²) in [6.07, 6.45) is 1.52. The maximum absolute atomic E-state index is 13.7. The summed E-state index contributed by atoms with van der Waals surface area (Å²) in [6.45, 7) is 1.38. The number of nitrogens with one attached hydrogen (secondary N) is 1. The topological polar surface area (TPSA) is 55.4 Å². The number of ether oxygens (including phenoxy) is 1. The second-order valence-corrected chi connectivity index (χ2v) is 6.96. The van der Waals surface area contributed by atoms with Gasteiger partial charge in [0.25, 0.3) is 5.91 Å². The number of hydrogen-bond donors (Lipinski definition) is 1. The number of hydrogen-bond acceptors (Lipinski definition) is 3. The predicted octanol–water partition coefficient (Wildman–Crippen LogP) is 4.49. The van der Waals surface area contributed by atoms with E-state index in [9.17, 15) is 22.8 Å². The van der Waals surface area contributed by atoms with Crippen molar-refractivity contribution in [3.8, 4) is 0 Å². The van der Waals surface area contributed by atoms with Gasteiger partial charge in [0.2, 0.25) is 0 Å². The smallest absolute Gasteiger partial charge is 0.317 e. The Balaban J connectivity index is 1.72. The number of carbonyl (C=O) groups is 2. The highest BCUT2D eigenvalue weighted by Crippen LogP contribution is 2.42. The Morgan fingerprint density at radius 2 is 1.61 bits per heavy atom. The van der Waals surface area contributed by atoms with E-state index in [1.807, 2.05) is 0 Å². The number of esters is 1. The Bertz CT molecular complexity index is 877. The minimum atomic E-state index is -1.19. The van der Waals surface area contributed by atoms with Gasteiger partial charge in [-0.25, -0.2) is 13.2 Å². The van der Waals surface area contributed by atoms with Crippen LogP contribution >= 0.6 is 0 Å². The molecule has 2 aromatic rings. The summed E-state index contributed by atoms with van der Waals surface area (Å²) in [7, 11) is 0. The van der Waals surface area contributed by atoms with Crippen molar-refractivity contribution in [1.29, 1.82) is 0 Å². The molecule has 0 saturated heterocycles. The Morgan fingerprint density at radius 1 is 1.00 bits per heavy atom. The van der Waals surface area contributed by atoms with E-state index in [2.05, 4.69) is 5.32 Å². The molecule has 1 aliphatic carbocycles. The number of benzene rings is 2. The first-order valence-electron chi connectivity index (χ1n) is 9.05. The van der Waals surface area contributed by atoms with Gasteiger partial charge in [-0.15, -0.1) is 0 Å². The van der Waals surface area contributed by atoms with Gasteiger partial charge in [-0.2, -0.15) is 0 Å². The van der Waals surface area contributed by atoms with Crippen LogP contribution in [0.1, 0.15) is 38.2 Å². The molecule has 0 aromatic heterocycles. The van der Waals surface area contributed by atoms with E-state index < -0.39 is 40.8 Å². The molecule has 1 fully saturated rings. The molecule has 0 bridgehead atoms. The van der Waals surface area contributed by atoms with Crippen molar-refractivity contribution in [1.82, 2.24) is 0 Å². The number of anilines is 1. The van der Waals surface area contributed by atoms with Crippen LogP contribution < -0.4 is 5.32 Å². The van der Waals surface area contributed by atoms with E-state index in [0.717, 1.165) is 25.0 Å². The molecule has 1 amide bonds. The zero-order valence-electron chi connectivity index (χ0n) is 15.3. The molecule has 0 radical (unpaired) electrons. The second-order valence-electron chi connectivity index (χ2n) is 6.96. The second kappa shape index (κ2) is 8.04. The van der Waals surface area contributed by atoms with Crippen molar-refractivity contribution in [2.45, 2.75) is 44.1 Å². The summed E-state index contributed by atoms with van der Waals surface area (Å²) in [4.78, 5) is 25.2. The molecule has 1 atom stereocenters. The third-order valence-electron chi connectivity index (χ3n) is 5.09. The molecule has 0 unspecified atom stereocenters. The van der Waals surface area contributed by atoms with E-state index in [4.69, 9.17) is 4.74 Å². The van der Waals surface area contributed by atoms with Crippen molar-refractivity contribution in [3.63, 3.8) is 0 Å². The van der Waals surface area contributed by atoms with Crippen LogP contribution in [-0.4, -0.2) is 18.0 Å². The highest BCUT2D eigenvalue weighted by molar-refractivity contribution is 5.96. The van der Waals surface area contributed by atoms with Crippen LogP contribution in [0.4, 0.5) is 18.9 Å². The predicted molar refractivity (Wildman–Crippen MR) is 97.1 cm³/mol. The molecule has 0 heterocycles. The van der Waals surface area contributed by atoms with E-state index in [0.29, 0.717) is 24.5 Å². The first-order chi connectivity index (χ1) is 13.3. The third kappa shape index (κ3) is 4.03. The molecule has 1 N–H and O–H groups in total. The van der Waals surface area contributed by atoms with Gasteiger partial charge >= 0.3 is 5.97 Å². The molecule has 7 heteroatoms. The molecule has 0 aliphatic heterocycles. The number of rotatable bonds is 5. The van der Waals surface area contributed by atoms with Crippen LogP contribution in [0.5, 0.6) is 0 Å². The van der Waals surface area contributed by atoms with Gasteiger partial charge in [0.1, 0.15) is 17.5 Å². The Hall–Kier alpha value is -2.83. The summed E-state index contributed by atoms with van der Waals surface area (Å²) < 4.78 is 45.3.